The van der Waals surface area contributed by atoms with Gasteiger partial charge in [-0.1, -0.05) is 18.2 Å². The summed E-state index contributed by atoms with van der Waals surface area (Å²) < 4.78 is 46.9. The molecule has 1 aromatic heterocycles. The Morgan fingerprint density at radius 3 is 2.50 bits per heavy atom. The Morgan fingerprint density at radius 2 is 1.79 bits per heavy atom. The highest BCUT2D eigenvalue weighted by Gasteiger charge is 2.12. The molecule has 1 heterocycles. The minimum atomic E-state index is -1.04. The van der Waals surface area contributed by atoms with E-state index < -0.39 is 23.0 Å². The van der Waals surface area contributed by atoms with Crippen LogP contribution in [-0.4, -0.2) is 16.7 Å². The Hall–Kier alpha value is -3.13. The first-order valence-electron chi connectivity index (χ1n) is 8.44. The van der Waals surface area contributed by atoms with Crippen molar-refractivity contribution in [1.82, 2.24) is 9.55 Å². The molecular weight excluding hydrogens is 371 g/mol. The van der Waals surface area contributed by atoms with E-state index in [1.165, 1.54) is 10.6 Å². The highest BCUT2D eigenvalue weighted by Crippen LogP contribution is 2.22. The van der Waals surface area contributed by atoms with Gasteiger partial charge in [-0.25, -0.2) is 8.78 Å². The Labute approximate surface area is 159 Å². The van der Waals surface area contributed by atoms with E-state index in [9.17, 15) is 18.0 Å². The number of hydrogen-bond donors (Lipinski definition) is 1. The molecule has 0 saturated carbocycles. The molecule has 0 bridgehead atoms. The van der Waals surface area contributed by atoms with Crippen molar-refractivity contribution in [3.63, 3.8) is 0 Å². The maximum absolute atomic E-state index is 13.8. The van der Waals surface area contributed by atoms with Gasteiger partial charge < -0.3 is 14.6 Å². The number of halogens is 3. The summed E-state index contributed by atoms with van der Waals surface area (Å²) in [6, 6.07) is 8.98. The molecule has 28 heavy (non-hydrogen) atoms. The molecule has 0 aliphatic heterocycles. The van der Waals surface area contributed by atoms with Crippen LogP contribution in [-0.2, 0) is 17.9 Å². The number of benzene rings is 2. The van der Waals surface area contributed by atoms with Crippen LogP contribution in [0.1, 0.15) is 16.7 Å². The summed E-state index contributed by atoms with van der Waals surface area (Å²) in [7, 11) is 1.58. The zero-order valence-electron chi connectivity index (χ0n) is 15.3. The predicted octanol–water partition coefficient (Wildman–Crippen LogP) is 3.91. The Bertz CT molecular complexity index is 1070. The van der Waals surface area contributed by atoms with Crippen LogP contribution in [0.5, 0.6) is 0 Å². The van der Waals surface area contributed by atoms with Crippen LogP contribution in [0.2, 0.25) is 0 Å². The van der Waals surface area contributed by atoms with Gasteiger partial charge in [-0.15, -0.1) is 0 Å². The van der Waals surface area contributed by atoms with E-state index in [1.54, 1.807) is 7.11 Å². The van der Waals surface area contributed by atoms with Gasteiger partial charge in [0.05, 0.1) is 13.2 Å². The Kier molecular flexibility index (Phi) is 5.79. The van der Waals surface area contributed by atoms with Gasteiger partial charge in [0.25, 0.3) is 0 Å². The largest absolute Gasteiger partial charge is 0.380 e. The number of nitrogens with zero attached hydrogens (tertiary/aromatic N) is 2. The van der Waals surface area contributed by atoms with Gasteiger partial charge in [-0.3, -0.25) is 4.79 Å². The third kappa shape index (κ3) is 4.40. The lowest BCUT2D eigenvalue weighted by Gasteiger charge is -2.16. The Morgan fingerprint density at radius 1 is 1.04 bits per heavy atom. The molecule has 0 amide bonds. The molecule has 3 rings (SSSR count). The van der Waals surface area contributed by atoms with Crippen molar-refractivity contribution in [2.45, 2.75) is 20.1 Å². The number of nitrogens with one attached hydrogen (secondary N) is 1. The summed E-state index contributed by atoms with van der Waals surface area (Å²) in [6.45, 7) is 2.24. The average Bonchev–Trinajstić information content (AvgIpc) is 2.65. The minimum Gasteiger partial charge on any atom is -0.380 e. The first kappa shape index (κ1) is 19.6. The molecule has 0 atom stereocenters. The van der Waals surface area contributed by atoms with Crippen molar-refractivity contribution >= 4 is 11.6 Å². The molecule has 5 nitrogen and oxygen atoms in total. The smallest absolute Gasteiger partial charge is 0.310 e. The van der Waals surface area contributed by atoms with Gasteiger partial charge in [0.1, 0.15) is 0 Å². The van der Waals surface area contributed by atoms with E-state index in [0.29, 0.717) is 17.9 Å². The summed E-state index contributed by atoms with van der Waals surface area (Å²) in [5.41, 5.74) is 1.79. The second kappa shape index (κ2) is 8.26. The summed E-state index contributed by atoms with van der Waals surface area (Å²) >= 11 is 0. The van der Waals surface area contributed by atoms with Crippen LogP contribution >= 0.6 is 0 Å². The van der Waals surface area contributed by atoms with Crippen molar-refractivity contribution in [1.29, 1.82) is 0 Å². The van der Waals surface area contributed by atoms with E-state index >= 15 is 0 Å². The van der Waals surface area contributed by atoms with E-state index in [-0.39, 0.29) is 12.5 Å². The van der Waals surface area contributed by atoms with E-state index in [1.807, 2.05) is 25.1 Å². The third-order valence-corrected chi connectivity index (χ3v) is 4.15. The molecule has 8 heteroatoms. The highest BCUT2D eigenvalue weighted by atomic mass is 19.2. The first-order chi connectivity index (χ1) is 13.4. The molecule has 0 radical (unpaired) electrons. The molecule has 0 fully saturated rings. The lowest BCUT2D eigenvalue weighted by molar-refractivity contribution is 0.185. The molecule has 2 aromatic carbocycles. The van der Waals surface area contributed by atoms with Gasteiger partial charge in [0, 0.05) is 19.0 Å². The van der Waals surface area contributed by atoms with Crippen LogP contribution in [0.15, 0.2) is 47.4 Å². The predicted molar refractivity (Wildman–Crippen MR) is 99.1 cm³/mol. The Balaban J connectivity index is 1.99. The summed E-state index contributed by atoms with van der Waals surface area (Å²) in [5.74, 6) is -2.95. The molecule has 3 aromatic rings. The fraction of sp³-hybridized carbons (Fsp3) is 0.200. The van der Waals surface area contributed by atoms with Gasteiger partial charge >= 0.3 is 5.56 Å². The number of methoxy groups -OCH3 is 1. The topological polar surface area (TPSA) is 56.1 Å². The maximum Gasteiger partial charge on any atom is 0.310 e. The van der Waals surface area contributed by atoms with Crippen LogP contribution in [0.3, 0.4) is 0 Å². The summed E-state index contributed by atoms with van der Waals surface area (Å²) in [5, 5.41) is 3.02. The zero-order valence-corrected chi connectivity index (χ0v) is 15.3. The summed E-state index contributed by atoms with van der Waals surface area (Å²) in [6.07, 6.45) is 0.979. The maximum atomic E-state index is 13.8. The molecular formula is C20H18F3N3O2. The molecule has 0 aliphatic rings. The van der Waals surface area contributed by atoms with Crippen molar-refractivity contribution < 1.29 is 17.9 Å². The fourth-order valence-corrected chi connectivity index (χ4v) is 2.70. The van der Waals surface area contributed by atoms with E-state index in [2.05, 4.69) is 10.3 Å². The zero-order chi connectivity index (χ0) is 20.3. The number of anilines is 2. The number of hydrogen-bond acceptors (Lipinski definition) is 4. The SMILES string of the molecule is COCc1ccc(C)c(Nc2nc(=O)c(F)cn2Cc2ccc(F)c(F)c2)c1. The summed E-state index contributed by atoms with van der Waals surface area (Å²) in [4.78, 5) is 15.5. The van der Waals surface area contributed by atoms with E-state index in [4.69, 9.17) is 4.74 Å². The van der Waals surface area contributed by atoms with Crippen molar-refractivity contribution in [2.75, 3.05) is 12.4 Å². The van der Waals surface area contributed by atoms with Crippen molar-refractivity contribution in [3.8, 4) is 0 Å². The van der Waals surface area contributed by atoms with Crippen LogP contribution in [0.25, 0.3) is 0 Å². The average molecular weight is 389 g/mol. The lowest BCUT2D eigenvalue weighted by atomic mass is 10.1. The van der Waals surface area contributed by atoms with E-state index in [0.717, 1.165) is 29.5 Å². The quantitative estimate of drug-likeness (QED) is 0.695. The van der Waals surface area contributed by atoms with Gasteiger partial charge in [-0.2, -0.15) is 9.37 Å². The van der Waals surface area contributed by atoms with Crippen LogP contribution in [0, 0.1) is 24.4 Å². The van der Waals surface area contributed by atoms with Crippen molar-refractivity contribution in [2.24, 2.45) is 0 Å². The van der Waals surface area contributed by atoms with Crippen molar-refractivity contribution in [3.05, 3.63) is 87.1 Å². The highest BCUT2D eigenvalue weighted by molar-refractivity contribution is 5.59. The standard InChI is InChI=1S/C20H18F3N3O2/c1-12-3-4-14(11-28-2)8-18(12)24-20-25-19(27)17(23)10-26(20)9-13-5-6-15(21)16(22)7-13/h3-8,10H,9,11H2,1-2H3,(H,24,25,27). The lowest BCUT2D eigenvalue weighted by Crippen LogP contribution is -2.20. The molecule has 0 saturated heterocycles. The number of aromatic nitrogens is 2. The van der Waals surface area contributed by atoms with Gasteiger partial charge in [-0.05, 0) is 41.8 Å². The normalized spacial score (nSPS) is 10.9. The third-order valence-electron chi connectivity index (χ3n) is 4.15. The van der Waals surface area contributed by atoms with Crippen LogP contribution < -0.4 is 10.9 Å². The molecule has 1 N–H and O–H groups in total. The molecule has 0 spiro atoms. The molecule has 146 valence electrons. The second-order valence-electron chi connectivity index (χ2n) is 6.30. The molecule has 0 aliphatic carbocycles. The number of aryl methyl sites for hydroxylation is 1. The second-order valence-corrected chi connectivity index (χ2v) is 6.30. The van der Waals surface area contributed by atoms with Gasteiger partial charge in [0.2, 0.25) is 11.8 Å². The minimum absolute atomic E-state index is 0.0134. The number of rotatable bonds is 6. The number of ether oxygens (including phenoxy) is 1. The van der Waals surface area contributed by atoms with Crippen LogP contribution in [0.4, 0.5) is 24.8 Å². The molecule has 0 unspecified atom stereocenters. The first-order valence-corrected chi connectivity index (χ1v) is 8.44. The van der Waals surface area contributed by atoms with Gasteiger partial charge in [0.15, 0.2) is 11.6 Å². The monoisotopic (exact) mass is 389 g/mol. The fourth-order valence-electron chi connectivity index (χ4n) is 2.70.